The highest BCUT2D eigenvalue weighted by molar-refractivity contribution is 5.80. The number of rotatable bonds is 6. The number of hydrogen-bond acceptors (Lipinski definition) is 4. The van der Waals surface area contributed by atoms with E-state index in [0.29, 0.717) is 44.7 Å². The summed E-state index contributed by atoms with van der Waals surface area (Å²) in [6, 6.07) is 0.418. The quantitative estimate of drug-likeness (QED) is 0.496. The fourth-order valence-electron chi connectivity index (χ4n) is 4.89. The highest BCUT2D eigenvalue weighted by atomic mass is 16.5. The van der Waals surface area contributed by atoms with Gasteiger partial charge >= 0.3 is 0 Å². The van der Waals surface area contributed by atoms with Crippen LogP contribution in [0.15, 0.2) is 4.99 Å². The minimum absolute atomic E-state index is 0.264. The molecule has 2 atom stereocenters. The fourth-order valence-corrected chi connectivity index (χ4v) is 4.89. The molecule has 1 saturated heterocycles. The lowest BCUT2D eigenvalue weighted by Gasteiger charge is -2.58. The molecule has 3 fully saturated rings. The van der Waals surface area contributed by atoms with Gasteiger partial charge in [0, 0.05) is 50.7 Å². The largest absolute Gasteiger partial charge is 0.388 e. The number of ether oxygens (including phenoxy) is 2. The van der Waals surface area contributed by atoms with Gasteiger partial charge in [-0.15, -0.1) is 0 Å². The molecule has 26 heavy (non-hydrogen) atoms. The SMILES string of the molecule is CCNC(=NCC1(O)CCOCC1)NC1CC(OCC)C12CCCCC2. The third kappa shape index (κ3) is 4.34. The first kappa shape index (κ1) is 19.9. The third-order valence-corrected chi connectivity index (χ3v) is 6.55. The van der Waals surface area contributed by atoms with Gasteiger partial charge in [-0.1, -0.05) is 19.3 Å². The predicted molar refractivity (Wildman–Crippen MR) is 103 cm³/mol. The Hall–Kier alpha value is -0.850. The molecule has 3 N–H and O–H groups in total. The Kier molecular flexibility index (Phi) is 6.81. The van der Waals surface area contributed by atoms with Crippen molar-refractivity contribution in [1.29, 1.82) is 0 Å². The molecule has 150 valence electrons. The van der Waals surface area contributed by atoms with Crippen molar-refractivity contribution >= 4 is 5.96 Å². The summed E-state index contributed by atoms with van der Waals surface area (Å²) in [6.45, 7) is 7.47. The van der Waals surface area contributed by atoms with E-state index in [-0.39, 0.29) is 5.41 Å². The fraction of sp³-hybridized carbons (Fsp3) is 0.950. The standard InChI is InChI=1S/C20H37N3O3/c1-3-21-18(22-15-19(24)10-12-25-13-11-19)23-16-14-17(26-4-2)20(16)8-6-5-7-9-20/h16-17,24H,3-15H2,1-2H3,(H2,21,22,23). The zero-order chi connectivity index (χ0) is 18.5. The Balaban J connectivity index is 1.64. The molecule has 0 radical (unpaired) electrons. The number of guanidine groups is 1. The van der Waals surface area contributed by atoms with E-state index in [1.165, 1.54) is 32.1 Å². The molecular formula is C20H37N3O3. The first-order valence-electron chi connectivity index (χ1n) is 10.6. The van der Waals surface area contributed by atoms with Gasteiger partial charge < -0.3 is 25.2 Å². The molecule has 2 saturated carbocycles. The molecule has 0 aromatic heterocycles. The Morgan fingerprint density at radius 3 is 2.54 bits per heavy atom. The van der Waals surface area contributed by atoms with Gasteiger partial charge in [0.15, 0.2) is 5.96 Å². The van der Waals surface area contributed by atoms with Gasteiger partial charge in [-0.05, 0) is 33.1 Å². The molecule has 0 aromatic carbocycles. The molecule has 1 spiro atoms. The summed E-state index contributed by atoms with van der Waals surface area (Å²) >= 11 is 0. The summed E-state index contributed by atoms with van der Waals surface area (Å²) in [4.78, 5) is 4.73. The highest BCUT2D eigenvalue weighted by Crippen LogP contribution is 2.53. The molecule has 3 rings (SSSR count). The number of aliphatic imine (C=N–C) groups is 1. The van der Waals surface area contributed by atoms with E-state index in [1.54, 1.807) is 0 Å². The molecule has 0 amide bonds. The smallest absolute Gasteiger partial charge is 0.191 e. The van der Waals surface area contributed by atoms with Crippen LogP contribution in [0.3, 0.4) is 0 Å². The lowest BCUT2D eigenvalue weighted by atomic mass is 9.55. The van der Waals surface area contributed by atoms with Crippen LogP contribution in [0.25, 0.3) is 0 Å². The lowest BCUT2D eigenvalue weighted by Crippen LogP contribution is -2.66. The van der Waals surface area contributed by atoms with Crippen molar-refractivity contribution in [3.63, 3.8) is 0 Å². The predicted octanol–water partition coefficient (Wildman–Crippen LogP) is 2.21. The monoisotopic (exact) mass is 367 g/mol. The van der Waals surface area contributed by atoms with Crippen LogP contribution < -0.4 is 10.6 Å². The number of hydrogen-bond donors (Lipinski definition) is 3. The van der Waals surface area contributed by atoms with Crippen LogP contribution >= 0.6 is 0 Å². The molecule has 6 heteroatoms. The molecule has 2 aliphatic carbocycles. The van der Waals surface area contributed by atoms with E-state index < -0.39 is 5.60 Å². The van der Waals surface area contributed by atoms with Gasteiger partial charge in [-0.2, -0.15) is 0 Å². The zero-order valence-corrected chi connectivity index (χ0v) is 16.6. The van der Waals surface area contributed by atoms with Crippen molar-refractivity contribution < 1.29 is 14.6 Å². The summed E-state index contributed by atoms with van der Waals surface area (Å²) in [6.07, 6.45) is 9.20. The van der Waals surface area contributed by atoms with E-state index in [2.05, 4.69) is 24.5 Å². The van der Waals surface area contributed by atoms with Gasteiger partial charge in [-0.3, -0.25) is 4.99 Å². The summed E-state index contributed by atoms with van der Waals surface area (Å²) in [7, 11) is 0. The maximum atomic E-state index is 10.7. The van der Waals surface area contributed by atoms with Crippen molar-refractivity contribution in [3.8, 4) is 0 Å². The normalized spacial score (nSPS) is 30.7. The average molecular weight is 368 g/mol. The van der Waals surface area contributed by atoms with Crippen LogP contribution in [0.4, 0.5) is 0 Å². The van der Waals surface area contributed by atoms with Crippen molar-refractivity contribution in [2.45, 2.75) is 83.0 Å². The molecule has 0 aromatic rings. The van der Waals surface area contributed by atoms with Crippen LogP contribution in [0.1, 0.15) is 65.2 Å². The molecule has 3 aliphatic rings. The number of nitrogens with zero attached hydrogens (tertiary/aromatic N) is 1. The van der Waals surface area contributed by atoms with Crippen LogP contribution in [-0.4, -0.2) is 61.7 Å². The van der Waals surface area contributed by atoms with Crippen molar-refractivity contribution in [2.24, 2.45) is 10.4 Å². The van der Waals surface area contributed by atoms with Crippen LogP contribution in [0.5, 0.6) is 0 Å². The van der Waals surface area contributed by atoms with Crippen molar-refractivity contribution in [1.82, 2.24) is 10.6 Å². The second-order valence-electron chi connectivity index (χ2n) is 8.20. The Morgan fingerprint density at radius 1 is 1.15 bits per heavy atom. The molecule has 2 unspecified atom stereocenters. The zero-order valence-electron chi connectivity index (χ0n) is 16.6. The molecular weight excluding hydrogens is 330 g/mol. The summed E-state index contributed by atoms with van der Waals surface area (Å²) in [5.74, 6) is 0.831. The second-order valence-corrected chi connectivity index (χ2v) is 8.20. The third-order valence-electron chi connectivity index (χ3n) is 6.55. The van der Waals surface area contributed by atoms with Gasteiger partial charge in [0.25, 0.3) is 0 Å². The second kappa shape index (κ2) is 8.89. The van der Waals surface area contributed by atoms with E-state index >= 15 is 0 Å². The Morgan fingerprint density at radius 2 is 1.88 bits per heavy atom. The first-order valence-corrected chi connectivity index (χ1v) is 10.6. The minimum Gasteiger partial charge on any atom is -0.388 e. The maximum Gasteiger partial charge on any atom is 0.191 e. The van der Waals surface area contributed by atoms with Gasteiger partial charge in [0.1, 0.15) is 0 Å². The van der Waals surface area contributed by atoms with Crippen LogP contribution in [0, 0.1) is 5.41 Å². The van der Waals surface area contributed by atoms with Crippen molar-refractivity contribution in [2.75, 3.05) is 32.9 Å². The summed E-state index contributed by atoms with van der Waals surface area (Å²) < 4.78 is 11.4. The van der Waals surface area contributed by atoms with Gasteiger partial charge in [-0.25, -0.2) is 0 Å². The molecule has 0 bridgehead atoms. The van der Waals surface area contributed by atoms with E-state index in [0.717, 1.165) is 25.5 Å². The van der Waals surface area contributed by atoms with Gasteiger partial charge in [0.2, 0.25) is 0 Å². The lowest BCUT2D eigenvalue weighted by molar-refractivity contribution is -0.145. The summed E-state index contributed by atoms with van der Waals surface area (Å²) in [5.41, 5.74) is -0.462. The van der Waals surface area contributed by atoms with E-state index in [9.17, 15) is 5.11 Å². The molecule has 1 aliphatic heterocycles. The number of aliphatic hydroxyl groups is 1. The topological polar surface area (TPSA) is 75.1 Å². The average Bonchev–Trinajstić information content (AvgIpc) is 2.66. The Bertz CT molecular complexity index is 471. The minimum atomic E-state index is -0.726. The highest BCUT2D eigenvalue weighted by Gasteiger charge is 2.55. The molecule has 1 heterocycles. The Labute approximate surface area is 158 Å². The van der Waals surface area contributed by atoms with Crippen LogP contribution in [-0.2, 0) is 9.47 Å². The van der Waals surface area contributed by atoms with Crippen molar-refractivity contribution in [3.05, 3.63) is 0 Å². The number of nitrogens with one attached hydrogen (secondary N) is 2. The van der Waals surface area contributed by atoms with Gasteiger partial charge in [0.05, 0.1) is 18.2 Å². The van der Waals surface area contributed by atoms with Crippen LogP contribution in [0.2, 0.25) is 0 Å². The maximum absolute atomic E-state index is 10.7. The van der Waals surface area contributed by atoms with E-state index in [4.69, 9.17) is 14.5 Å². The molecule has 6 nitrogen and oxygen atoms in total. The van der Waals surface area contributed by atoms with E-state index in [1.807, 2.05) is 0 Å². The summed E-state index contributed by atoms with van der Waals surface area (Å²) in [5, 5.41) is 17.7. The first-order chi connectivity index (χ1) is 12.6.